The third kappa shape index (κ3) is 3.76. The number of hydrogen-bond donors (Lipinski definition) is 1. The minimum Gasteiger partial charge on any atom is -0.454 e. The van der Waals surface area contributed by atoms with Crippen LogP contribution in [0.2, 0.25) is 0 Å². The molecule has 2 amide bonds. The first-order valence-corrected chi connectivity index (χ1v) is 9.29. The summed E-state index contributed by atoms with van der Waals surface area (Å²) in [6.45, 7) is -0.130. The number of nitrogens with one attached hydrogen (secondary N) is 1. The first-order chi connectivity index (χ1) is 13.6. The van der Waals surface area contributed by atoms with E-state index in [4.69, 9.17) is 9.26 Å². The number of hydrogen-bond acceptors (Lipinski definition) is 8. The highest BCUT2D eigenvalue weighted by Gasteiger charge is 2.24. The molecule has 0 saturated carbocycles. The number of rotatable bonds is 5. The Morgan fingerprint density at radius 2 is 2.04 bits per heavy atom. The van der Waals surface area contributed by atoms with E-state index >= 15 is 0 Å². The Balaban J connectivity index is 1.37. The maximum atomic E-state index is 12.2. The maximum absolute atomic E-state index is 12.2. The molecule has 1 N–H and O–H groups in total. The van der Waals surface area contributed by atoms with Gasteiger partial charge in [0.15, 0.2) is 6.61 Å². The standard InChI is InChI=1S/C18H14N4O5S/c23-15-5-6-16(24)22(20-15)13-3-1-11(2-4-13)18(25)26-9-14-19-17(27-21-14)12-7-8-28-10-12/h1-4,7-8,10H,5-6,9H2,(H,20,23). The van der Waals surface area contributed by atoms with E-state index < -0.39 is 5.97 Å². The highest BCUT2D eigenvalue weighted by Crippen LogP contribution is 2.21. The number of aromatic nitrogens is 2. The smallest absolute Gasteiger partial charge is 0.338 e. The number of carbonyl (C=O) groups excluding carboxylic acids is 3. The second-order valence-electron chi connectivity index (χ2n) is 5.91. The fraction of sp³-hybridized carbons (Fsp3) is 0.167. The third-order valence-corrected chi connectivity index (χ3v) is 4.66. The van der Waals surface area contributed by atoms with Crippen LogP contribution >= 0.6 is 11.3 Å². The van der Waals surface area contributed by atoms with Crippen LogP contribution in [-0.4, -0.2) is 27.9 Å². The summed E-state index contributed by atoms with van der Waals surface area (Å²) in [4.78, 5) is 39.7. The Morgan fingerprint density at radius 1 is 1.21 bits per heavy atom. The van der Waals surface area contributed by atoms with E-state index in [9.17, 15) is 14.4 Å². The summed E-state index contributed by atoms with van der Waals surface area (Å²) in [6, 6.07) is 7.99. The molecule has 3 aromatic rings. The molecule has 0 spiro atoms. The Morgan fingerprint density at radius 3 is 2.79 bits per heavy atom. The first-order valence-electron chi connectivity index (χ1n) is 8.35. The topological polar surface area (TPSA) is 115 Å². The molecule has 0 aliphatic carbocycles. The number of amides is 2. The second kappa shape index (κ2) is 7.61. The molecule has 1 saturated heterocycles. The molecule has 0 atom stereocenters. The lowest BCUT2D eigenvalue weighted by atomic mass is 10.2. The van der Waals surface area contributed by atoms with Gasteiger partial charge in [-0.25, -0.2) is 9.80 Å². The van der Waals surface area contributed by atoms with Gasteiger partial charge in [0.1, 0.15) is 0 Å². The molecule has 0 unspecified atom stereocenters. The molecule has 0 radical (unpaired) electrons. The lowest BCUT2D eigenvalue weighted by molar-refractivity contribution is -0.130. The largest absolute Gasteiger partial charge is 0.454 e. The molecule has 3 heterocycles. The van der Waals surface area contributed by atoms with Crippen LogP contribution in [0.4, 0.5) is 5.69 Å². The van der Waals surface area contributed by atoms with Crippen molar-refractivity contribution in [3.63, 3.8) is 0 Å². The average Bonchev–Trinajstić information content (AvgIpc) is 3.40. The minimum atomic E-state index is -0.567. The second-order valence-corrected chi connectivity index (χ2v) is 6.69. The van der Waals surface area contributed by atoms with Crippen LogP contribution in [0.15, 0.2) is 45.6 Å². The van der Waals surface area contributed by atoms with Gasteiger partial charge in [0.2, 0.25) is 17.6 Å². The van der Waals surface area contributed by atoms with Gasteiger partial charge in [0, 0.05) is 18.2 Å². The molecule has 142 valence electrons. The number of hydrazine groups is 1. The Labute approximate surface area is 162 Å². The van der Waals surface area contributed by atoms with Crippen LogP contribution in [0.5, 0.6) is 0 Å². The molecule has 2 aromatic heterocycles. The third-order valence-electron chi connectivity index (χ3n) is 3.98. The number of thiophene rings is 1. The molecule has 0 bridgehead atoms. The predicted molar refractivity (Wildman–Crippen MR) is 98.0 cm³/mol. The number of benzene rings is 1. The molecule has 1 fully saturated rings. The van der Waals surface area contributed by atoms with Crippen molar-refractivity contribution in [2.24, 2.45) is 0 Å². The summed E-state index contributed by atoms with van der Waals surface area (Å²) in [5.41, 5.74) is 4.06. The molecular formula is C18H14N4O5S. The van der Waals surface area contributed by atoms with E-state index in [0.29, 0.717) is 17.1 Å². The van der Waals surface area contributed by atoms with Crippen LogP contribution in [0.25, 0.3) is 11.5 Å². The van der Waals surface area contributed by atoms with Gasteiger partial charge in [-0.3, -0.25) is 15.0 Å². The summed E-state index contributed by atoms with van der Waals surface area (Å²) >= 11 is 1.51. The minimum absolute atomic E-state index is 0.130. The van der Waals surface area contributed by atoms with Crippen molar-refractivity contribution in [3.8, 4) is 11.5 Å². The van der Waals surface area contributed by atoms with E-state index in [1.807, 2.05) is 16.8 Å². The van der Waals surface area contributed by atoms with Gasteiger partial charge in [-0.15, -0.1) is 0 Å². The summed E-state index contributed by atoms with van der Waals surface area (Å²) in [7, 11) is 0. The molecule has 28 heavy (non-hydrogen) atoms. The molecule has 1 aliphatic heterocycles. The zero-order chi connectivity index (χ0) is 19.5. The van der Waals surface area contributed by atoms with Crippen molar-refractivity contribution < 1.29 is 23.6 Å². The van der Waals surface area contributed by atoms with Crippen LogP contribution in [0, 0.1) is 0 Å². The summed E-state index contributed by atoms with van der Waals surface area (Å²) in [6.07, 6.45) is 0.317. The molecule has 1 aliphatic rings. The lowest BCUT2D eigenvalue weighted by Crippen LogP contribution is -2.50. The van der Waals surface area contributed by atoms with Crippen molar-refractivity contribution in [2.45, 2.75) is 19.4 Å². The van der Waals surface area contributed by atoms with Gasteiger partial charge >= 0.3 is 5.97 Å². The van der Waals surface area contributed by atoms with Crippen LogP contribution in [-0.2, 0) is 20.9 Å². The normalized spacial score (nSPS) is 14.1. The van der Waals surface area contributed by atoms with Gasteiger partial charge in [-0.1, -0.05) is 5.16 Å². The van der Waals surface area contributed by atoms with Crippen LogP contribution < -0.4 is 10.4 Å². The monoisotopic (exact) mass is 398 g/mol. The molecule has 4 rings (SSSR count). The van der Waals surface area contributed by atoms with Crippen LogP contribution in [0.1, 0.15) is 29.0 Å². The number of nitrogens with zero attached hydrogens (tertiary/aromatic N) is 3. The van der Waals surface area contributed by atoms with Gasteiger partial charge < -0.3 is 9.26 Å². The van der Waals surface area contributed by atoms with Crippen molar-refractivity contribution >= 4 is 34.8 Å². The highest BCUT2D eigenvalue weighted by atomic mass is 32.1. The SMILES string of the molecule is O=C1CCC(=O)N(c2ccc(C(=O)OCc3noc(-c4ccsc4)n3)cc2)N1. The van der Waals surface area contributed by atoms with E-state index in [1.54, 1.807) is 12.1 Å². The fourth-order valence-electron chi connectivity index (χ4n) is 2.56. The number of anilines is 1. The summed E-state index contributed by atoms with van der Waals surface area (Å²) in [5.74, 6) is -0.390. The first kappa shape index (κ1) is 17.9. The number of carbonyl (C=O) groups is 3. The maximum Gasteiger partial charge on any atom is 0.338 e. The molecule has 9 nitrogen and oxygen atoms in total. The number of esters is 1. The molecular weight excluding hydrogens is 384 g/mol. The molecule has 1 aromatic carbocycles. The summed E-state index contributed by atoms with van der Waals surface area (Å²) in [5, 5.41) is 8.73. The van der Waals surface area contributed by atoms with E-state index in [2.05, 4.69) is 15.6 Å². The van der Waals surface area contributed by atoms with Gasteiger partial charge in [0.05, 0.1) is 16.8 Å². The van der Waals surface area contributed by atoms with Gasteiger partial charge in [-0.05, 0) is 35.7 Å². The number of ether oxygens (including phenoxy) is 1. The van der Waals surface area contributed by atoms with E-state index in [-0.39, 0.29) is 37.1 Å². The Bertz CT molecular complexity index is 1010. The zero-order valence-electron chi connectivity index (χ0n) is 14.5. The van der Waals surface area contributed by atoms with Crippen molar-refractivity contribution in [3.05, 3.63) is 52.5 Å². The highest BCUT2D eigenvalue weighted by molar-refractivity contribution is 7.08. The van der Waals surface area contributed by atoms with Crippen LogP contribution in [0.3, 0.4) is 0 Å². The fourth-order valence-corrected chi connectivity index (χ4v) is 3.19. The molecule has 10 heteroatoms. The quantitative estimate of drug-likeness (QED) is 0.656. The summed E-state index contributed by atoms with van der Waals surface area (Å²) < 4.78 is 10.3. The predicted octanol–water partition coefficient (Wildman–Crippen LogP) is 2.31. The Kier molecular flexibility index (Phi) is 4.85. The van der Waals surface area contributed by atoms with Gasteiger partial charge in [-0.2, -0.15) is 16.3 Å². The van der Waals surface area contributed by atoms with E-state index in [1.165, 1.54) is 28.5 Å². The van der Waals surface area contributed by atoms with Crippen molar-refractivity contribution in [1.29, 1.82) is 0 Å². The van der Waals surface area contributed by atoms with Crippen molar-refractivity contribution in [2.75, 3.05) is 5.01 Å². The lowest BCUT2D eigenvalue weighted by Gasteiger charge is -2.27. The van der Waals surface area contributed by atoms with Gasteiger partial charge in [0.25, 0.3) is 5.89 Å². The average molecular weight is 398 g/mol. The Hall–Kier alpha value is -3.53. The van der Waals surface area contributed by atoms with Crippen molar-refractivity contribution in [1.82, 2.24) is 15.6 Å². The zero-order valence-corrected chi connectivity index (χ0v) is 15.3. The van der Waals surface area contributed by atoms with E-state index in [0.717, 1.165) is 5.56 Å².